The summed E-state index contributed by atoms with van der Waals surface area (Å²) in [4.78, 5) is 18.9. The molecule has 0 amide bonds. The lowest BCUT2D eigenvalue weighted by Gasteiger charge is -2.08. The molecule has 0 unspecified atom stereocenters. The van der Waals surface area contributed by atoms with Crippen molar-refractivity contribution in [1.29, 1.82) is 0 Å². The summed E-state index contributed by atoms with van der Waals surface area (Å²) in [5.74, 6) is -0.501. The van der Waals surface area contributed by atoms with Crippen LogP contribution in [0.15, 0.2) is 36.5 Å². The van der Waals surface area contributed by atoms with Crippen LogP contribution < -0.4 is 4.74 Å². The summed E-state index contributed by atoms with van der Waals surface area (Å²) in [6.45, 7) is 1.82. The maximum absolute atomic E-state index is 12.7. The third-order valence-electron chi connectivity index (χ3n) is 3.26. The minimum Gasteiger partial charge on any atom is -0.461 e. The third-order valence-corrected chi connectivity index (χ3v) is 3.26. The number of ether oxygens (including phenoxy) is 2. The van der Waals surface area contributed by atoms with E-state index in [9.17, 15) is 18.0 Å². The van der Waals surface area contributed by atoms with Gasteiger partial charge in [-0.1, -0.05) is 12.1 Å². The van der Waals surface area contributed by atoms with E-state index in [2.05, 4.69) is 25.4 Å². The molecule has 8 nitrogen and oxygen atoms in total. The molecule has 27 heavy (non-hydrogen) atoms. The number of rotatable bonds is 5. The number of aromatic amines is 1. The van der Waals surface area contributed by atoms with Gasteiger partial charge in [0, 0.05) is 11.8 Å². The molecule has 1 aromatic carbocycles. The van der Waals surface area contributed by atoms with Crippen molar-refractivity contribution in [3.63, 3.8) is 0 Å². The van der Waals surface area contributed by atoms with E-state index in [1.807, 2.05) is 0 Å². The van der Waals surface area contributed by atoms with Crippen molar-refractivity contribution >= 4 is 5.97 Å². The highest BCUT2D eigenvalue weighted by Crippen LogP contribution is 2.30. The minimum absolute atomic E-state index is 0.0238. The molecule has 0 saturated carbocycles. The molecule has 11 heteroatoms. The molecule has 0 saturated heterocycles. The zero-order valence-corrected chi connectivity index (χ0v) is 13.8. The summed E-state index contributed by atoms with van der Waals surface area (Å²) in [7, 11) is 0. The lowest BCUT2D eigenvalue weighted by molar-refractivity contribution is -0.141. The molecule has 1 N–H and O–H groups in total. The van der Waals surface area contributed by atoms with Gasteiger partial charge in [0.05, 0.1) is 6.61 Å². The highest BCUT2D eigenvalue weighted by Gasteiger charge is 2.33. The van der Waals surface area contributed by atoms with Gasteiger partial charge in [0.25, 0.3) is 0 Å². The fraction of sp³-hybridized carbons (Fsp3) is 0.188. The van der Waals surface area contributed by atoms with E-state index in [0.29, 0.717) is 5.56 Å². The largest absolute Gasteiger partial charge is 0.461 e. The number of carbonyl (C=O) groups excluding carboxylic acids is 1. The van der Waals surface area contributed by atoms with Gasteiger partial charge in [-0.2, -0.15) is 28.5 Å². The van der Waals surface area contributed by atoms with Crippen molar-refractivity contribution in [2.75, 3.05) is 6.61 Å². The van der Waals surface area contributed by atoms with Crippen LogP contribution in [-0.2, 0) is 10.9 Å². The lowest BCUT2D eigenvalue weighted by atomic mass is 10.1. The smallest absolute Gasteiger partial charge is 0.433 e. The minimum atomic E-state index is -4.61. The topological polar surface area (TPSA) is 103 Å². The Hall–Kier alpha value is -3.50. The molecule has 0 radical (unpaired) electrons. The van der Waals surface area contributed by atoms with Crippen molar-refractivity contribution in [1.82, 2.24) is 25.4 Å². The van der Waals surface area contributed by atoms with E-state index in [0.717, 1.165) is 12.3 Å². The summed E-state index contributed by atoms with van der Waals surface area (Å²) in [6, 6.07) is 6.43. The van der Waals surface area contributed by atoms with E-state index in [4.69, 9.17) is 9.47 Å². The van der Waals surface area contributed by atoms with Crippen molar-refractivity contribution in [3.8, 4) is 23.0 Å². The zero-order valence-electron chi connectivity index (χ0n) is 13.8. The summed E-state index contributed by atoms with van der Waals surface area (Å²) >= 11 is 0. The Morgan fingerprint density at radius 2 is 2.04 bits per heavy atom. The second kappa shape index (κ2) is 7.40. The number of aromatic nitrogens is 5. The van der Waals surface area contributed by atoms with E-state index in [1.165, 1.54) is 12.1 Å². The Bertz CT molecular complexity index is 958. The molecule has 0 aliphatic heterocycles. The van der Waals surface area contributed by atoms with Crippen LogP contribution in [0.5, 0.6) is 11.8 Å². The monoisotopic (exact) mass is 379 g/mol. The van der Waals surface area contributed by atoms with Crippen molar-refractivity contribution in [2.24, 2.45) is 0 Å². The highest BCUT2D eigenvalue weighted by molar-refractivity contribution is 5.93. The van der Waals surface area contributed by atoms with Gasteiger partial charge in [0.2, 0.25) is 0 Å². The fourth-order valence-corrected chi connectivity index (χ4v) is 2.13. The Morgan fingerprint density at radius 1 is 1.22 bits per heavy atom. The van der Waals surface area contributed by atoms with Crippen LogP contribution in [0.2, 0.25) is 0 Å². The zero-order chi connectivity index (χ0) is 19.4. The van der Waals surface area contributed by atoms with Gasteiger partial charge in [-0.3, -0.25) is 0 Å². The number of hydrogen-bond acceptors (Lipinski definition) is 7. The molecule has 0 fully saturated rings. The molecule has 0 bridgehead atoms. The first-order valence-corrected chi connectivity index (χ1v) is 7.65. The summed E-state index contributed by atoms with van der Waals surface area (Å²) in [5.41, 5.74) is -0.491. The summed E-state index contributed by atoms with van der Waals surface area (Å²) in [5, 5.41) is 10.0. The molecule has 0 aliphatic carbocycles. The first-order chi connectivity index (χ1) is 12.9. The highest BCUT2D eigenvalue weighted by atomic mass is 19.4. The number of halogens is 3. The second-order valence-corrected chi connectivity index (χ2v) is 5.09. The molecule has 3 rings (SSSR count). The number of nitrogens with zero attached hydrogens (tertiary/aromatic N) is 4. The van der Waals surface area contributed by atoms with Crippen LogP contribution in [0.3, 0.4) is 0 Å². The van der Waals surface area contributed by atoms with Crippen LogP contribution in [0.1, 0.15) is 23.1 Å². The fourth-order valence-electron chi connectivity index (χ4n) is 2.13. The van der Waals surface area contributed by atoms with Gasteiger partial charge in [0.15, 0.2) is 11.4 Å². The van der Waals surface area contributed by atoms with E-state index >= 15 is 0 Å². The first-order valence-electron chi connectivity index (χ1n) is 7.65. The van der Waals surface area contributed by atoms with Gasteiger partial charge in [-0.05, 0) is 25.1 Å². The molecule has 2 aromatic heterocycles. The van der Waals surface area contributed by atoms with Crippen LogP contribution in [0.25, 0.3) is 11.3 Å². The van der Waals surface area contributed by atoms with Crippen LogP contribution in [0, 0.1) is 0 Å². The van der Waals surface area contributed by atoms with Gasteiger partial charge in [0.1, 0.15) is 11.4 Å². The molecule has 0 spiro atoms. The Labute approximate surface area is 150 Å². The summed E-state index contributed by atoms with van der Waals surface area (Å²) in [6.07, 6.45) is -3.66. The van der Waals surface area contributed by atoms with Crippen molar-refractivity contribution in [3.05, 3.63) is 47.9 Å². The van der Waals surface area contributed by atoms with Gasteiger partial charge in [-0.15, -0.1) is 5.10 Å². The first kappa shape index (κ1) is 18.3. The lowest BCUT2D eigenvalue weighted by Crippen LogP contribution is -2.09. The third kappa shape index (κ3) is 4.19. The molecule has 3 aromatic rings. The normalized spacial score (nSPS) is 11.3. The van der Waals surface area contributed by atoms with E-state index < -0.39 is 23.8 Å². The maximum Gasteiger partial charge on any atom is 0.433 e. The van der Waals surface area contributed by atoms with E-state index in [-0.39, 0.29) is 23.7 Å². The quantitative estimate of drug-likeness (QED) is 0.679. The Morgan fingerprint density at radius 3 is 2.78 bits per heavy atom. The van der Waals surface area contributed by atoms with Gasteiger partial charge >= 0.3 is 18.2 Å². The number of benzene rings is 1. The van der Waals surface area contributed by atoms with Gasteiger partial charge < -0.3 is 9.47 Å². The SMILES string of the molecule is CCOC(=O)c1n[nH]nc1-c1cccc(Oc2nccc(C(F)(F)F)n2)c1. The average Bonchev–Trinajstić information content (AvgIpc) is 3.12. The molecule has 140 valence electrons. The van der Waals surface area contributed by atoms with Gasteiger partial charge in [-0.25, -0.2) is 9.78 Å². The van der Waals surface area contributed by atoms with Crippen molar-refractivity contribution in [2.45, 2.75) is 13.1 Å². The predicted molar refractivity (Wildman–Crippen MR) is 84.9 cm³/mol. The van der Waals surface area contributed by atoms with Crippen LogP contribution >= 0.6 is 0 Å². The maximum atomic E-state index is 12.7. The van der Waals surface area contributed by atoms with E-state index in [1.54, 1.807) is 19.1 Å². The number of H-pyrrole nitrogens is 1. The van der Waals surface area contributed by atoms with Crippen LogP contribution in [-0.4, -0.2) is 38.0 Å². The number of nitrogens with one attached hydrogen (secondary N) is 1. The molecular formula is C16H12F3N5O3. The predicted octanol–water partition coefficient (Wildman–Crippen LogP) is 3.25. The number of alkyl halides is 3. The average molecular weight is 379 g/mol. The number of hydrogen-bond donors (Lipinski definition) is 1. The van der Waals surface area contributed by atoms with Crippen molar-refractivity contribution < 1.29 is 27.4 Å². The molecular weight excluding hydrogens is 367 g/mol. The molecule has 2 heterocycles. The number of carbonyl (C=O) groups is 1. The van der Waals surface area contributed by atoms with Crippen LogP contribution in [0.4, 0.5) is 13.2 Å². The molecule has 0 atom stereocenters. The summed E-state index contributed by atoms with van der Waals surface area (Å²) < 4.78 is 48.4. The second-order valence-electron chi connectivity index (χ2n) is 5.09. The standard InChI is InChI=1S/C16H12F3N5O3/c1-2-26-14(25)13-12(22-24-23-13)9-4-3-5-10(8-9)27-15-20-7-6-11(21-15)16(17,18)19/h3-8H,2H2,1H3,(H,22,23,24). The number of esters is 1. The Kier molecular flexibility index (Phi) is 5.01. The Balaban J connectivity index is 1.88. The molecule has 0 aliphatic rings.